The first-order chi connectivity index (χ1) is 6.09. The maximum absolute atomic E-state index is 11.3. The molecular weight excluding hydrogens is 166 g/mol. The minimum atomic E-state index is -0.167. The van der Waals surface area contributed by atoms with Gasteiger partial charge in [0, 0.05) is 17.5 Å². The van der Waals surface area contributed by atoms with E-state index in [1.54, 1.807) is 12.1 Å². The van der Waals surface area contributed by atoms with E-state index in [0.717, 1.165) is 5.69 Å². The van der Waals surface area contributed by atoms with Gasteiger partial charge >= 0.3 is 0 Å². The van der Waals surface area contributed by atoms with E-state index in [1.807, 2.05) is 6.92 Å². The Kier molecular flexibility index (Phi) is 2.90. The minimum absolute atomic E-state index is 0.0370. The lowest BCUT2D eigenvalue weighted by atomic mass is 10.1. The van der Waals surface area contributed by atoms with E-state index in [9.17, 15) is 9.59 Å². The Labute approximate surface area is 76.8 Å². The van der Waals surface area contributed by atoms with Gasteiger partial charge in [-0.2, -0.15) is 0 Å². The fourth-order valence-corrected chi connectivity index (χ4v) is 0.961. The summed E-state index contributed by atoms with van der Waals surface area (Å²) in [7, 11) is 0. The van der Waals surface area contributed by atoms with Crippen LogP contribution in [0.3, 0.4) is 0 Å². The molecule has 0 unspecified atom stereocenters. The molecule has 0 saturated carbocycles. The Hall–Kier alpha value is -1.51. The second-order valence-corrected chi connectivity index (χ2v) is 2.99. The first kappa shape index (κ1) is 9.58. The maximum Gasteiger partial charge on any atom is 0.171 e. The number of carbonyl (C=O) groups is 2. The van der Waals surface area contributed by atoms with Gasteiger partial charge in [-0.25, -0.2) is 0 Å². The van der Waals surface area contributed by atoms with E-state index in [-0.39, 0.29) is 18.0 Å². The van der Waals surface area contributed by atoms with Crippen molar-refractivity contribution in [3.8, 4) is 0 Å². The summed E-state index contributed by atoms with van der Waals surface area (Å²) in [6.45, 7) is 3.25. The van der Waals surface area contributed by atoms with Crippen LogP contribution in [0, 0.1) is 6.92 Å². The standard InChI is InChI=1S/C10H11NO2/c1-7-3-4-9(6-11-7)10(13)5-8(2)12/h3-4,6H,5H2,1-2H3. The summed E-state index contributed by atoms with van der Waals surface area (Å²) >= 11 is 0. The summed E-state index contributed by atoms with van der Waals surface area (Å²) in [5, 5.41) is 0. The van der Waals surface area contributed by atoms with Crippen LogP contribution in [0.2, 0.25) is 0 Å². The van der Waals surface area contributed by atoms with Crippen LogP contribution in [-0.4, -0.2) is 16.6 Å². The fraction of sp³-hybridized carbons (Fsp3) is 0.300. The molecule has 0 aliphatic carbocycles. The molecule has 68 valence electrons. The number of Topliss-reactive ketones (excluding diaryl/α,β-unsaturated/α-hetero) is 2. The van der Waals surface area contributed by atoms with Crippen molar-refractivity contribution in [1.82, 2.24) is 4.98 Å². The Morgan fingerprint density at radius 2 is 2.08 bits per heavy atom. The SMILES string of the molecule is CC(=O)CC(=O)c1ccc(C)nc1. The Bertz CT molecular complexity index is 327. The molecule has 3 heteroatoms. The van der Waals surface area contributed by atoms with Gasteiger partial charge in [0.1, 0.15) is 5.78 Å². The van der Waals surface area contributed by atoms with E-state index in [4.69, 9.17) is 0 Å². The quantitative estimate of drug-likeness (QED) is 0.520. The van der Waals surface area contributed by atoms with Crippen molar-refractivity contribution in [2.45, 2.75) is 20.3 Å². The van der Waals surface area contributed by atoms with E-state index in [0.29, 0.717) is 5.56 Å². The minimum Gasteiger partial charge on any atom is -0.300 e. The van der Waals surface area contributed by atoms with Gasteiger partial charge in [-0.05, 0) is 26.0 Å². The zero-order valence-electron chi connectivity index (χ0n) is 7.70. The summed E-state index contributed by atoms with van der Waals surface area (Å²) < 4.78 is 0. The number of rotatable bonds is 3. The van der Waals surface area contributed by atoms with Crippen LogP contribution in [0.15, 0.2) is 18.3 Å². The Morgan fingerprint density at radius 3 is 2.54 bits per heavy atom. The summed E-state index contributed by atoms with van der Waals surface area (Å²) in [4.78, 5) is 25.9. The van der Waals surface area contributed by atoms with E-state index in [2.05, 4.69) is 4.98 Å². The number of aromatic nitrogens is 1. The highest BCUT2D eigenvalue weighted by molar-refractivity contribution is 6.07. The highest BCUT2D eigenvalue weighted by atomic mass is 16.1. The molecule has 0 aliphatic rings. The van der Waals surface area contributed by atoms with Crippen molar-refractivity contribution in [3.05, 3.63) is 29.6 Å². The maximum atomic E-state index is 11.3. The molecule has 0 radical (unpaired) electrons. The third kappa shape index (κ3) is 2.78. The zero-order valence-corrected chi connectivity index (χ0v) is 7.70. The highest BCUT2D eigenvalue weighted by Crippen LogP contribution is 2.03. The molecule has 1 rings (SSSR count). The van der Waals surface area contributed by atoms with Crippen LogP contribution in [-0.2, 0) is 4.79 Å². The molecule has 0 spiro atoms. The molecule has 0 aromatic carbocycles. The largest absolute Gasteiger partial charge is 0.300 e. The lowest BCUT2D eigenvalue weighted by molar-refractivity contribution is -0.116. The average molecular weight is 177 g/mol. The number of nitrogens with zero attached hydrogens (tertiary/aromatic N) is 1. The molecule has 1 aromatic heterocycles. The summed E-state index contributed by atoms with van der Waals surface area (Å²) in [6, 6.07) is 3.45. The van der Waals surface area contributed by atoms with Gasteiger partial charge in [0.15, 0.2) is 5.78 Å². The Balaban J connectivity index is 2.78. The Morgan fingerprint density at radius 1 is 1.38 bits per heavy atom. The number of hydrogen-bond acceptors (Lipinski definition) is 3. The predicted molar refractivity (Wildman–Crippen MR) is 48.6 cm³/mol. The molecule has 13 heavy (non-hydrogen) atoms. The van der Waals surface area contributed by atoms with Crippen molar-refractivity contribution < 1.29 is 9.59 Å². The number of carbonyl (C=O) groups excluding carboxylic acids is 2. The van der Waals surface area contributed by atoms with E-state index in [1.165, 1.54) is 13.1 Å². The first-order valence-electron chi connectivity index (χ1n) is 4.05. The number of ketones is 2. The number of pyridine rings is 1. The lowest BCUT2D eigenvalue weighted by Gasteiger charge is -1.97. The van der Waals surface area contributed by atoms with Gasteiger partial charge in [0.25, 0.3) is 0 Å². The summed E-state index contributed by atoms with van der Waals surface area (Å²) in [5.74, 6) is -0.287. The van der Waals surface area contributed by atoms with Gasteiger partial charge in [-0.3, -0.25) is 14.6 Å². The van der Waals surface area contributed by atoms with Crippen LogP contribution in [0.1, 0.15) is 29.4 Å². The third-order valence-electron chi connectivity index (χ3n) is 1.64. The van der Waals surface area contributed by atoms with Crippen LogP contribution in [0.4, 0.5) is 0 Å². The molecule has 0 aliphatic heterocycles. The molecule has 1 aromatic rings. The first-order valence-corrected chi connectivity index (χ1v) is 4.05. The van der Waals surface area contributed by atoms with Gasteiger partial charge < -0.3 is 0 Å². The van der Waals surface area contributed by atoms with Crippen LogP contribution in [0.5, 0.6) is 0 Å². The van der Waals surface area contributed by atoms with Crippen molar-refractivity contribution in [1.29, 1.82) is 0 Å². The number of hydrogen-bond donors (Lipinski definition) is 0. The molecule has 0 atom stereocenters. The zero-order chi connectivity index (χ0) is 9.84. The van der Waals surface area contributed by atoms with Gasteiger partial charge in [0.05, 0.1) is 6.42 Å². The summed E-state index contributed by atoms with van der Waals surface area (Å²) in [5.41, 5.74) is 1.36. The van der Waals surface area contributed by atoms with Gasteiger partial charge in [0.2, 0.25) is 0 Å². The van der Waals surface area contributed by atoms with Crippen molar-refractivity contribution >= 4 is 11.6 Å². The van der Waals surface area contributed by atoms with E-state index < -0.39 is 0 Å². The molecule has 3 nitrogen and oxygen atoms in total. The smallest absolute Gasteiger partial charge is 0.171 e. The topological polar surface area (TPSA) is 47.0 Å². The molecule has 0 N–H and O–H groups in total. The second-order valence-electron chi connectivity index (χ2n) is 2.99. The lowest BCUT2D eigenvalue weighted by Crippen LogP contribution is -2.05. The van der Waals surface area contributed by atoms with Crippen LogP contribution >= 0.6 is 0 Å². The summed E-state index contributed by atoms with van der Waals surface area (Å²) in [6.07, 6.45) is 1.46. The van der Waals surface area contributed by atoms with Crippen molar-refractivity contribution in [3.63, 3.8) is 0 Å². The van der Waals surface area contributed by atoms with Crippen LogP contribution in [0.25, 0.3) is 0 Å². The molecule has 0 fully saturated rings. The van der Waals surface area contributed by atoms with Crippen molar-refractivity contribution in [2.24, 2.45) is 0 Å². The highest BCUT2D eigenvalue weighted by Gasteiger charge is 2.07. The van der Waals surface area contributed by atoms with Crippen LogP contribution < -0.4 is 0 Å². The fourth-order valence-electron chi connectivity index (χ4n) is 0.961. The average Bonchev–Trinajstić information content (AvgIpc) is 2.04. The monoisotopic (exact) mass is 177 g/mol. The number of aryl methyl sites for hydroxylation is 1. The second kappa shape index (κ2) is 3.94. The van der Waals surface area contributed by atoms with Gasteiger partial charge in [-0.15, -0.1) is 0 Å². The van der Waals surface area contributed by atoms with Crippen molar-refractivity contribution in [2.75, 3.05) is 0 Å². The molecule has 0 bridgehead atoms. The molecular formula is C10H11NO2. The van der Waals surface area contributed by atoms with Gasteiger partial charge in [-0.1, -0.05) is 0 Å². The third-order valence-corrected chi connectivity index (χ3v) is 1.64. The molecule has 0 saturated heterocycles. The molecule has 0 amide bonds. The predicted octanol–water partition coefficient (Wildman–Crippen LogP) is 1.55. The normalized spacial score (nSPS) is 9.69. The molecule has 1 heterocycles. The van der Waals surface area contributed by atoms with E-state index >= 15 is 0 Å².